The van der Waals surface area contributed by atoms with Crippen LogP contribution in [0.3, 0.4) is 0 Å². The predicted octanol–water partition coefficient (Wildman–Crippen LogP) is 4.96. The van der Waals surface area contributed by atoms with Gasteiger partial charge in [-0.3, -0.25) is 10.1 Å². The first-order valence-corrected chi connectivity index (χ1v) is 11.4. The van der Waals surface area contributed by atoms with E-state index in [1.54, 1.807) is 12.1 Å². The fourth-order valence-corrected chi connectivity index (χ4v) is 4.52. The number of hydrogen-bond donors (Lipinski definition) is 1. The Balaban J connectivity index is 1.27. The van der Waals surface area contributed by atoms with Gasteiger partial charge in [-0.25, -0.2) is 4.98 Å². The summed E-state index contributed by atoms with van der Waals surface area (Å²) in [5.41, 5.74) is 3.64. The van der Waals surface area contributed by atoms with Crippen LogP contribution in [0.15, 0.2) is 72.8 Å². The molecule has 1 amide bonds. The summed E-state index contributed by atoms with van der Waals surface area (Å²) in [6.07, 6.45) is 0. The van der Waals surface area contributed by atoms with Gasteiger partial charge in [0.25, 0.3) is 5.91 Å². The summed E-state index contributed by atoms with van der Waals surface area (Å²) < 4.78 is 12.3. The van der Waals surface area contributed by atoms with Crippen molar-refractivity contribution in [2.45, 2.75) is 6.61 Å². The number of anilines is 2. The van der Waals surface area contributed by atoms with Gasteiger partial charge in [0.1, 0.15) is 12.4 Å². The molecule has 162 valence electrons. The Hall–Kier alpha value is -3.42. The van der Waals surface area contributed by atoms with Crippen molar-refractivity contribution in [1.29, 1.82) is 0 Å². The van der Waals surface area contributed by atoms with E-state index in [9.17, 15) is 4.79 Å². The standard InChI is InChI=1S/C25H23N3O3S/c29-24(19-7-4-8-21(15-19)31-17-18-5-2-1-3-6-18)27-25-26-22-10-9-20(16-23(22)32-25)28-11-13-30-14-12-28/h1-10,15-16H,11-14,17H2,(H,26,27,29). The smallest absolute Gasteiger partial charge is 0.257 e. The summed E-state index contributed by atoms with van der Waals surface area (Å²) in [7, 11) is 0. The first kappa shape index (κ1) is 20.5. The molecule has 0 atom stereocenters. The molecule has 7 heteroatoms. The van der Waals surface area contributed by atoms with Crippen LogP contribution in [0.5, 0.6) is 5.75 Å². The molecule has 4 aromatic rings. The van der Waals surface area contributed by atoms with Crippen molar-refractivity contribution >= 4 is 38.3 Å². The highest BCUT2D eigenvalue weighted by molar-refractivity contribution is 7.22. The molecule has 0 unspecified atom stereocenters. The SMILES string of the molecule is O=C(Nc1nc2ccc(N3CCOCC3)cc2s1)c1cccc(OCc2ccccc2)c1. The summed E-state index contributed by atoms with van der Waals surface area (Å²) in [6.45, 7) is 3.72. The zero-order valence-electron chi connectivity index (χ0n) is 17.5. The first-order valence-electron chi connectivity index (χ1n) is 10.6. The van der Waals surface area contributed by atoms with Crippen molar-refractivity contribution in [2.24, 2.45) is 0 Å². The van der Waals surface area contributed by atoms with E-state index >= 15 is 0 Å². The average molecular weight is 446 g/mol. The minimum atomic E-state index is -0.206. The lowest BCUT2D eigenvalue weighted by atomic mass is 10.2. The minimum absolute atomic E-state index is 0.206. The fourth-order valence-electron chi connectivity index (χ4n) is 3.62. The highest BCUT2D eigenvalue weighted by Crippen LogP contribution is 2.30. The third-order valence-corrected chi connectivity index (χ3v) is 6.25. The second-order valence-electron chi connectivity index (χ2n) is 7.53. The zero-order chi connectivity index (χ0) is 21.8. The highest BCUT2D eigenvalue weighted by atomic mass is 32.1. The summed E-state index contributed by atoms with van der Waals surface area (Å²) in [6, 6.07) is 23.4. The third-order valence-electron chi connectivity index (χ3n) is 5.31. The van der Waals surface area contributed by atoms with Gasteiger partial charge in [0.2, 0.25) is 0 Å². The van der Waals surface area contributed by atoms with Crippen LogP contribution < -0.4 is 15.0 Å². The summed E-state index contributed by atoms with van der Waals surface area (Å²) >= 11 is 1.48. The maximum atomic E-state index is 12.8. The molecule has 0 spiro atoms. The van der Waals surface area contributed by atoms with Crippen LogP contribution in [0.1, 0.15) is 15.9 Å². The molecule has 0 saturated carbocycles. The Kier molecular flexibility index (Phi) is 6.00. The molecule has 6 nitrogen and oxygen atoms in total. The van der Waals surface area contributed by atoms with E-state index in [0.717, 1.165) is 47.8 Å². The number of benzene rings is 3. The molecule has 1 aromatic heterocycles. The zero-order valence-corrected chi connectivity index (χ0v) is 18.3. The minimum Gasteiger partial charge on any atom is -0.489 e. The van der Waals surface area contributed by atoms with Crippen molar-refractivity contribution in [2.75, 3.05) is 36.5 Å². The summed E-state index contributed by atoms with van der Waals surface area (Å²) in [4.78, 5) is 19.7. The van der Waals surface area contributed by atoms with Crippen LogP contribution in [-0.2, 0) is 11.3 Å². The number of ether oxygens (including phenoxy) is 2. The molecular formula is C25H23N3O3S. The maximum absolute atomic E-state index is 12.8. The number of thiazole rings is 1. The van der Waals surface area contributed by atoms with E-state index in [0.29, 0.717) is 23.1 Å². The second kappa shape index (κ2) is 9.38. The lowest BCUT2D eigenvalue weighted by Gasteiger charge is -2.28. The number of morpholine rings is 1. The molecule has 0 bridgehead atoms. The topological polar surface area (TPSA) is 63.7 Å². The monoisotopic (exact) mass is 445 g/mol. The van der Waals surface area contributed by atoms with E-state index in [2.05, 4.69) is 27.3 Å². The summed E-state index contributed by atoms with van der Waals surface area (Å²) in [5, 5.41) is 3.51. The van der Waals surface area contributed by atoms with Gasteiger partial charge in [-0.1, -0.05) is 47.7 Å². The maximum Gasteiger partial charge on any atom is 0.257 e. The molecule has 1 aliphatic heterocycles. The Morgan fingerprint density at radius 2 is 1.88 bits per heavy atom. The molecule has 5 rings (SSSR count). The number of carbonyl (C=O) groups is 1. The highest BCUT2D eigenvalue weighted by Gasteiger charge is 2.14. The van der Waals surface area contributed by atoms with Gasteiger partial charge >= 0.3 is 0 Å². The Bertz CT molecular complexity index is 1220. The molecule has 1 aliphatic rings. The molecule has 0 radical (unpaired) electrons. The molecule has 1 N–H and O–H groups in total. The lowest BCUT2D eigenvalue weighted by Crippen LogP contribution is -2.36. The quantitative estimate of drug-likeness (QED) is 0.454. The van der Waals surface area contributed by atoms with Gasteiger partial charge in [-0.2, -0.15) is 0 Å². The summed E-state index contributed by atoms with van der Waals surface area (Å²) in [5.74, 6) is 0.448. The van der Waals surface area contributed by atoms with Gasteiger partial charge < -0.3 is 14.4 Å². The Morgan fingerprint density at radius 1 is 1.03 bits per heavy atom. The number of rotatable bonds is 6. The van der Waals surface area contributed by atoms with Crippen molar-refractivity contribution in [3.8, 4) is 5.75 Å². The van der Waals surface area contributed by atoms with Crippen molar-refractivity contribution in [3.63, 3.8) is 0 Å². The Morgan fingerprint density at radius 3 is 2.72 bits per heavy atom. The molecule has 1 saturated heterocycles. The van der Waals surface area contributed by atoms with Gasteiger partial charge in [0, 0.05) is 24.3 Å². The van der Waals surface area contributed by atoms with E-state index in [1.165, 1.54) is 11.3 Å². The van der Waals surface area contributed by atoms with Gasteiger partial charge in [-0.15, -0.1) is 0 Å². The second-order valence-corrected chi connectivity index (χ2v) is 8.56. The van der Waals surface area contributed by atoms with E-state index < -0.39 is 0 Å². The third kappa shape index (κ3) is 4.74. The van der Waals surface area contributed by atoms with E-state index in [-0.39, 0.29) is 5.91 Å². The molecular weight excluding hydrogens is 422 g/mol. The predicted molar refractivity (Wildman–Crippen MR) is 128 cm³/mol. The van der Waals surface area contributed by atoms with Gasteiger partial charge in [0.05, 0.1) is 23.4 Å². The molecule has 1 fully saturated rings. The number of aromatic nitrogens is 1. The molecule has 0 aliphatic carbocycles. The normalized spacial score (nSPS) is 13.8. The number of nitrogens with zero attached hydrogens (tertiary/aromatic N) is 2. The number of amides is 1. The number of hydrogen-bond acceptors (Lipinski definition) is 6. The van der Waals surface area contributed by atoms with Crippen molar-refractivity contribution < 1.29 is 14.3 Å². The van der Waals surface area contributed by atoms with Crippen LogP contribution in [-0.4, -0.2) is 37.2 Å². The number of carbonyl (C=O) groups excluding carboxylic acids is 1. The van der Waals surface area contributed by atoms with Gasteiger partial charge in [-0.05, 0) is 42.0 Å². The van der Waals surface area contributed by atoms with Crippen molar-refractivity contribution in [1.82, 2.24) is 4.98 Å². The Labute approximate surface area is 190 Å². The average Bonchev–Trinajstić information content (AvgIpc) is 3.25. The number of nitrogens with one attached hydrogen (secondary N) is 1. The van der Waals surface area contributed by atoms with Crippen molar-refractivity contribution in [3.05, 3.63) is 83.9 Å². The first-order chi connectivity index (χ1) is 15.7. The van der Waals surface area contributed by atoms with Crippen LogP contribution in [0.2, 0.25) is 0 Å². The van der Waals surface area contributed by atoms with Crippen LogP contribution >= 0.6 is 11.3 Å². The van der Waals surface area contributed by atoms with Crippen LogP contribution in [0.4, 0.5) is 10.8 Å². The lowest BCUT2D eigenvalue weighted by molar-refractivity contribution is 0.102. The van der Waals surface area contributed by atoms with Gasteiger partial charge in [0.15, 0.2) is 5.13 Å². The van der Waals surface area contributed by atoms with E-state index in [1.807, 2.05) is 48.5 Å². The molecule has 2 heterocycles. The van der Waals surface area contributed by atoms with Crippen LogP contribution in [0.25, 0.3) is 10.2 Å². The molecule has 3 aromatic carbocycles. The van der Waals surface area contributed by atoms with Crippen LogP contribution in [0, 0.1) is 0 Å². The largest absolute Gasteiger partial charge is 0.489 e. The molecule has 32 heavy (non-hydrogen) atoms. The number of fused-ring (bicyclic) bond motifs is 1. The van der Waals surface area contributed by atoms with E-state index in [4.69, 9.17) is 9.47 Å². The fraction of sp³-hybridized carbons (Fsp3) is 0.200.